The van der Waals surface area contributed by atoms with Gasteiger partial charge in [0.25, 0.3) is 0 Å². The van der Waals surface area contributed by atoms with Gasteiger partial charge in [0.05, 0.1) is 0 Å². The van der Waals surface area contributed by atoms with Crippen LogP contribution in [0.3, 0.4) is 0 Å². The van der Waals surface area contributed by atoms with Crippen LogP contribution in [0, 0.1) is 0 Å². The minimum Gasteiger partial charge on any atom is -0.488 e. The Labute approximate surface area is 123 Å². The third kappa shape index (κ3) is 3.39. The molecule has 0 spiro atoms. The summed E-state index contributed by atoms with van der Waals surface area (Å²) in [6.07, 6.45) is 5.34. The third-order valence-corrected chi connectivity index (χ3v) is 3.14. The molecule has 1 N–H and O–H groups in total. The fraction of sp³-hybridized carbons (Fsp3) is 0.0556. The third-order valence-electron chi connectivity index (χ3n) is 3.14. The molecule has 104 valence electrons. The number of rotatable bonds is 3. The van der Waals surface area contributed by atoms with Gasteiger partial charge in [0.15, 0.2) is 0 Å². The predicted octanol–water partition coefficient (Wildman–Crippen LogP) is 3.66. The number of amides is 1. The van der Waals surface area contributed by atoms with Crippen LogP contribution < -0.4 is 10.1 Å². The van der Waals surface area contributed by atoms with Crippen LogP contribution in [0.25, 0.3) is 6.08 Å². The Hall–Kier alpha value is -2.81. The summed E-state index contributed by atoms with van der Waals surface area (Å²) in [5.41, 5.74) is 2.79. The van der Waals surface area contributed by atoms with E-state index in [2.05, 4.69) is 5.32 Å². The normalized spacial score (nSPS) is 13.2. The van der Waals surface area contributed by atoms with E-state index in [0.717, 1.165) is 22.6 Å². The molecule has 0 saturated heterocycles. The lowest BCUT2D eigenvalue weighted by Gasteiger charge is -2.15. The average molecular weight is 277 g/mol. The van der Waals surface area contributed by atoms with E-state index in [1.807, 2.05) is 60.7 Å². The Balaban J connectivity index is 1.67. The maximum absolute atomic E-state index is 11.8. The van der Waals surface area contributed by atoms with Crippen molar-refractivity contribution in [3.63, 3.8) is 0 Å². The van der Waals surface area contributed by atoms with Gasteiger partial charge in [-0.15, -0.1) is 0 Å². The van der Waals surface area contributed by atoms with Gasteiger partial charge in [0.1, 0.15) is 12.4 Å². The molecule has 0 aromatic heterocycles. The van der Waals surface area contributed by atoms with Crippen molar-refractivity contribution >= 4 is 17.7 Å². The standard InChI is InChI=1S/C18H15NO2/c20-18(19-16-7-2-1-3-8-16)11-10-14-12-15-6-4-5-9-17(15)21-13-14/h1-12H,13H2,(H,19,20). The van der Waals surface area contributed by atoms with Crippen molar-refractivity contribution in [2.24, 2.45) is 0 Å². The number of hydrogen-bond acceptors (Lipinski definition) is 2. The van der Waals surface area contributed by atoms with E-state index >= 15 is 0 Å². The molecule has 3 rings (SSSR count). The molecule has 0 fully saturated rings. The van der Waals surface area contributed by atoms with Crippen molar-refractivity contribution in [1.82, 2.24) is 0 Å². The second-order valence-corrected chi connectivity index (χ2v) is 4.73. The van der Waals surface area contributed by atoms with Gasteiger partial charge in [-0.1, -0.05) is 42.5 Å². The summed E-state index contributed by atoms with van der Waals surface area (Å²) in [6, 6.07) is 17.2. The van der Waals surface area contributed by atoms with Crippen LogP contribution in [0.4, 0.5) is 5.69 Å². The highest BCUT2D eigenvalue weighted by atomic mass is 16.5. The molecule has 0 atom stereocenters. The molecule has 2 aromatic rings. The van der Waals surface area contributed by atoms with Crippen LogP contribution in [0.15, 0.2) is 72.3 Å². The van der Waals surface area contributed by atoms with E-state index in [1.54, 1.807) is 6.08 Å². The van der Waals surface area contributed by atoms with E-state index in [-0.39, 0.29) is 5.91 Å². The number of carbonyl (C=O) groups excluding carboxylic acids is 1. The summed E-state index contributed by atoms with van der Waals surface area (Å²) in [5, 5.41) is 2.81. The number of fused-ring (bicyclic) bond motifs is 1. The van der Waals surface area contributed by atoms with Crippen LogP contribution in [-0.4, -0.2) is 12.5 Å². The smallest absolute Gasteiger partial charge is 0.248 e. The summed E-state index contributed by atoms with van der Waals surface area (Å²) in [7, 11) is 0. The van der Waals surface area contributed by atoms with E-state index < -0.39 is 0 Å². The molecule has 0 aliphatic carbocycles. The number of ether oxygens (including phenoxy) is 1. The van der Waals surface area contributed by atoms with Crippen LogP contribution in [0.5, 0.6) is 5.75 Å². The molecule has 1 aliphatic heterocycles. The van der Waals surface area contributed by atoms with Crippen molar-refractivity contribution in [1.29, 1.82) is 0 Å². The quantitative estimate of drug-likeness (QED) is 0.869. The van der Waals surface area contributed by atoms with Gasteiger partial charge in [-0.2, -0.15) is 0 Å². The molecule has 3 nitrogen and oxygen atoms in total. The number of benzene rings is 2. The average Bonchev–Trinajstić information content (AvgIpc) is 2.54. The molecule has 0 bridgehead atoms. The predicted molar refractivity (Wildman–Crippen MR) is 84.1 cm³/mol. The van der Waals surface area contributed by atoms with Crippen molar-refractivity contribution in [2.45, 2.75) is 0 Å². The Kier molecular flexibility index (Phi) is 3.83. The number of nitrogens with one attached hydrogen (secondary N) is 1. The first kappa shape index (κ1) is 13.2. The lowest BCUT2D eigenvalue weighted by atomic mass is 10.1. The molecule has 2 aromatic carbocycles. The number of para-hydroxylation sites is 2. The van der Waals surface area contributed by atoms with Gasteiger partial charge < -0.3 is 10.1 Å². The van der Waals surface area contributed by atoms with E-state index in [1.165, 1.54) is 6.08 Å². The molecule has 0 unspecified atom stereocenters. The highest BCUT2D eigenvalue weighted by Gasteiger charge is 2.08. The summed E-state index contributed by atoms with van der Waals surface area (Å²) in [6.45, 7) is 0.478. The van der Waals surface area contributed by atoms with Crippen molar-refractivity contribution in [2.75, 3.05) is 11.9 Å². The van der Waals surface area contributed by atoms with Gasteiger partial charge in [0, 0.05) is 17.3 Å². The first-order chi connectivity index (χ1) is 10.3. The summed E-state index contributed by atoms with van der Waals surface area (Å²) in [5.74, 6) is 0.726. The van der Waals surface area contributed by atoms with Gasteiger partial charge >= 0.3 is 0 Å². The molecular weight excluding hydrogens is 262 g/mol. The van der Waals surface area contributed by atoms with E-state index in [4.69, 9.17) is 4.74 Å². The molecule has 0 saturated carbocycles. The fourth-order valence-electron chi connectivity index (χ4n) is 2.12. The molecule has 1 heterocycles. The van der Waals surface area contributed by atoms with Crippen LogP contribution >= 0.6 is 0 Å². The van der Waals surface area contributed by atoms with Crippen molar-refractivity contribution in [3.05, 3.63) is 77.9 Å². The molecule has 1 amide bonds. The minimum absolute atomic E-state index is 0.152. The lowest BCUT2D eigenvalue weighted by Crippen LogP contribution is -2.09. The highest BCUT2D eigenvalue weighted by Crippen LogP contribution is 2.25. The molecule has 0 radical (unpaired) electrons. The minimum atomic E-state index is -0.152. The largest absolute Gasteiger partial charge is 0.488 e. The zero-order valence-electron chi connectivity index (χ0n) is 11.5. The second-order valence-electron chi connectivity index (χ2n) is 4.73. The van der Waals surface area contributed by atoms with Gasteiger partial charge in [-0.25, -0.2) is 0 Å². The van der Waals surface area contributed by atoms with Gasteiger partial charge in [-0.05, 0) is 29.8 Å². The molecule has 3 heteroatoms. The SMILES string of the molecule is O=C(C=CC1=Cc2ccccc2OC1)Nc1ccccc1. The van der Waals surface area contributed by atoms with E-state index in [9.17, 15) is 4.79 Å². The lowest BCUT2D eigenvalue weighted by molar-refractivity contribution is -0.111. The first-order valence-corrected chi connectivity index (χ1v) is 6.78. The number of anilines is 1. The first-order valence-electron chi connectivity index (χ1n) is 6.78. The van der Waals surface area contributed by atoms with Crippen LogP contribution in [-0.2, 0) is 4.79 Å². The maximum atomic E-state index is 11.8. The van der Waals surface area contributed by atoms with Crippen LogP contribution in [0.2, 0.25) is 0 Å². The Bertz CT molecular complexity index is 702. The molecule has 1 aliphatic rings. The Morgan fingerprint density at radius 1 is 1.05 bits per heavy atom. The maximum Gasteiger partial charge on any atom is 0.248 e. The van der Waals surface area contributed by atoms with Gasteiger partial charge in [0.2, 0.25) is 5.91 Å². The van der Waals surface area contributed by atoms with Crippen molar-refractivity contribution < 1.29 is 9.53 Å². The zero-order chi connectivity index (χ0) is 14.5. The molecule has 21 heavy (non-hydrogen) atoms. The van der Waals surface area contributed by atoms with Crippen LogP contribution in [0.1, 0.15) is 5.56 Å². The Morgan fingerprint density at radius 2 is 1.81 bits per heavy atom. The zero-order valence-corrected chi connectivity index (χ0v) is 11.5. The second kappa shape index (κ2) is 6.09. The topological polar surface area (TPSA) is 38.3 Å². The summed E-state index contributed by atoms with van der Waals surface area (Å²) < 4.78 is 5.64. The fourth-order valence-corrected chi connectivity index (χ4v) is 2.12. The van der Waals surface area contributed by atoms with Gasteiger partial charge in [-0.3, -0.25) is 4.79 Å². The summed E-state index contributed by atoms with van der Waals surface area (Å²) in [4.78, 5) is 11.8. The highest BCUT2D eigenvalue weighted by molar-refractivity contribution is 5.99. The van der Waals surface area contributed by atoms with Crippen molar-refractivity contribution in [3.8, 4) is 5.75 Å². The van der Waals surface area contributed by atoms with E-state index in [0.29, 0.717) is 6.61 Å². The number of carbonyl (C=O) groups is 1. The summed E-state index contributed by atoms with van der Waals surface area (Å²) >= 11 is 0. The molecular formula is C18H15NO2. The number of hydrogen-bond donors (Lipinski definition) is 1. The Morgan fingerprint density at radius 3 is 2.67 bits per heavy atom. The monoisotopic (exact) mass is 277 g/mol.